The molecule has 0 radical (unpaired) electrons. The zero-order valence-electron chi connectivity index (χ0n) is 11.1. The highest BCUT2D eigenvalue weighted by molar-refractivity contribution is 5.45. The van der Waals surface area contributed by atoms with Gasteiger partial charge < -0.3 is 11.1 Å². The molecule has 0 aliphatic heterocycles. The van der Waals surface area contributed by atoms with Gasteiger partial charge in [-0.15, -0.1) is 0 Å². The molecule has 0 amide bonds. The molecule has 3 N–H and O–H groups in total. The van der Waals surface area contributed by atoms with Crippen LogP contribution in [0.1, 0.15) is 24.1 Å². The van der Waals surface area contributed by atoms with Crippen LogP contribution in [0.5, 0.6) is 0 Å². The maximum Gasteiger partial charge on any atom is 0.123 e. The number of halogens is 1. The lowest BCUT2D eigenvalue weighted by Gasteiger charge is -2.19. The molecule has 3 heteroatoms. The van der Waals surface area contributed by atoms with Gasteiger partial charge in [0.1, 0.15) is 5.82 Å². The minimum Gasteiger partial charge on any atom is -0.377 e. The van der Waals surface area contributed by atoms with E-state index >= 15 is 0 Å². The Morgan fingerprint density at radius 2 is 1.68 bits per heavy atom. The van der Waals surface area contributed by atoms with E-state index < -0.39 is 0 Å². The Balaban J connectivity index is 2.12. The Hall–Kier alpha value is -1.87. The zero-order valence-corrected chi connectivity index (χ0v) is 11.1. The molecule has 2 nitrogen and oxygen atoms in total. The molecule has 1 unspecified atom stereocenters. The summed E-state index contributed by atoms with van der Waals surface area (Å²) in [7, 11) is 0. The second kappa shape index (κ2) is 6.34. The van der Waals surface area contributed by atoms with E-state index in [9.17, 15) is 4.39 Å². The van der Waals surface area contributed by atoms with Gasteiger partial charge in [-0.05, 0) is 41.8 Å². The van der Waals surface area contributed by atoms with Crippen LogP contribution in [0.4, 0.5) is 10.1 Å². The summed E-state index contributed by atoms with van der Waals surface area (Å²) in [6, 6.07) is 14.8. The largest absolute Gasteiger partial charge is 0.377 e. The summed E-state index contributed by atoms with van der Waals surface area (Å²) in [5.41, 5.74) is 9.14. The SMILES string of the molecule is CCc1ccc(C(CN)Nc2ccc(F)cc2)cc1. The zero-order chi connectivity index (χ0) is 13.7. The van der Waals surface area contributed by atoms with E-state index in [2.05, 4.69) is 36.5 Å². The number of nitrogens with two attached hydrogens (primary N) is 1. The number of hydrogen-bond acceptors (Lipinski definition) is 2. The van der Waals surface area contributed by atoms with Crippen molar-refractivity contribution in [3.05, 3.63) is 65.5 Å². The molecular weight excluding hydrogens is 239 g/mol. The van der Waals surface area contributed by atoms with Crippen molar-refractivity contribution in [3.8, 4) is 0 Å². The van der Waals surface area contributed by atoms with Gasteiger partial charge in [0.25, 0.3) is 0 Å². The third kappa shape index (κ3) is 3.55. The van der Waals surface area contributed by atoms with Crippen LogP contribution < -0.4 is 11.1 Å². The molecule has 100 valence electrons. The Morgan fingerprint density at radius 3 is 2.21 bits per heavy atom. The third-order valence-electron chi connectivity index (χ3n) is 3.21. The number of benzene rings is 2. The van der Waals surface area contributed by atoms with Gasteiger partial charge in [0.2, 0.25) is 0 Å². The molecule has 0 bridgehead atoms. The minimum atomic E-state index is -0.234. The van der Waals surface area contributed by atoms with Crippen LogP contribution in [-0.2, 0) is 6.42 Å². The first-order valence-corrected chi connectivity index (χ1v) is 6.54. The van der Waals surface area contributed by atoms with Crippen molar-refractivity contribution in [1.82, 2.24) is 0 Å². The lowest BCUT2D eigenvalue weighted by Crippen LogP contribution is -2.20. The first-order valence-electron chi connectivity index (χ1n) is 6.54. The van der Waals surface area contributed by atoms with E-state index in [4.69, 9.17) is 5.73 Å². The quantitative estimate of drug-likeness (QED) is 0.861. The van der Waals surface area contributed by atoms with E-state index in [1.165, 1.54) is 17.7 Å². The molecule has 0 fully saturated rings. The summed E-state index contributed by atoms with van der Waals surface area (Å²) in [4.78, 5) is 0. The van der Waals surface area contributed by atoms with E-state index in [1.807, 2.05) is 0 Å². The summed E-state index contributed by atoms with van der Waals surface area (Å²) in [6.45, 7) is 2.62. The highest BCUT2D eigenvalue weighted by Crippen LogP contribution is 2.19. The Labute approximate surface area is 113 Å². The van der Waals surface area contributed by atoms with E-state index in [-0.39, 0.29) is 11.9 Å². The van der Waals surface area contributed by atoms with Crippen LogP contribution in [0.3, 0.4) is 0 Å². The second-order valence-corrected chi connectivity index (χ2v) is 4.53. The third-order valence-corrected chi connectivity index (χ3v) is 3.21. The fourth-order valence-electron chi connectivity index (χ4n) is 2.01. The molecule has 0 aliphatic carbocycles. The highest BCUT2D eigenvalue weighted by atomic mass is 19.1. The molecule has 0 aliphatic rings. The van der Waals surface area contributed by atoms with Crippen LogP contribution in [-0.4, -0.2) is 6.54 Å². The number of anilines is 1. The average Bonchev–Trinajstić information content (AvgIpc) is 2.47. The summed E-state index contributed by atoms with van der Waals surface area (Å²) >= 11 is 0. The van der Waals surface area contributed by atoms with Gasteiger partial charge in [0.15, 0.2) is 0 Å². The molecule has 2 aromatic rings. The Kier molecular flexibility index (Phi) is 4.53. The molecule has 0 heterocycles. The van der Waals surface area contributed by atoms with Gasteiger partial charge in [0, 0.05) is 12.2 Å². The van der Waals surface area contributed by atoms with Crippen LogP contribution in [0.2, 0.25) is 0 Å². The molecule has 0 saturated carbocycles. The molecule has 0 saturated heterocycles. The van der Waals surface area contributed by atoms with Crippen molar-refractivity contribution < 1.29 is 4.39 Å². The molecule has 1 atom stereocenters. The van der Waals surface area contributed by atoms with Crippen LogP contribution in [0.25, 0.3) is 0 Å². The molecule has 0 aromatic heterocycles. The van der Waals surface area contributed by atoms with E-state index in [0.717, 1.165) is 17.7 Å². The standard InChI is InChI=1S/C16H19FN2/c1-2-12-3-5-13(6-4-12)16(11-18)19-15-9-7-14(17)8-10-15/h3-10,16,19H,2,11,18H2,1H3. The van der Waals surface area contributed by atoms with Crippen molar-refractivity contribution in [2.24, 2.45) is 5.73 Å². The number of nitrogens with one attached hydrogen (secondary N) is 1. The summed E-state index contributed by atoms with van der Waals surface area (Å²) < 4.78 is 12.9. The van der Waals surface area contributed by atoms with Crippen molar-refractivity contribution in [2.45, 2.75) is 19.4 Å². The predicted octanol–water partition coefficient (Wildman–Crippen LogP) is 3.50. The average molecular weight is 258 g/mol. The second-order valence-electron chi connectivity index (χ2n) is 4.53. The van der Waals surface area contributed by atoms with E-state index in [1.54, 1.807) is 12.1 Å². The molecule has 19 heavy (non-hydrogen) atoms. The maximum atomic E-state index is 12.9. The van der Waals surface area contributed by atoms with Gasteiger partial charge in [-0.3, -0.25) is 0 Å². The smallest absolute Gasteiger partial charge is 0.123 e. The van der Waals surface area contributed by atoms with Crippen molar-refractivity contribution in [3.63, 3.8) is 0 Å². The van der Waals surface area contributed by atoms with Crippen LogP contribution in [0.15, 0.2) is 48.5 Å². The Bertz CT molecular complexity index is 505. The summed E-state index contributed by atoms with van der Waals surface area (Å²) in [5, 5.41) is 3.32. The number of aryl methyl sites for hydroxylation is 1. The predicted molar refractivity (Wildman–Crippen MR) is 77.6 cm³/mol. The molecular formula is C16H19FN2. The van der Waals surface area contributed by atoms with Crippen molar-refractivity contribution >= 4 is 5.69 Å². The fourth-order valence-corrected chi connectivity index (χ4v) is 2.01. The van der Waals surface area contributed by atoms with Crippen LogP contribution >= 0.6 is 0 Å². The lowest BCUT2D eigenvalue weighted by molar-refractivity contribution is 0.628. The Morgan fingerprint density at radius 1 is 1.05 bits per heavy atom. The van der Waals surface area contributed by atoms with Gasteiger partial charge in [-0.25, -0.2) is 4.39 Å². The van der Waals surface area contributed by atoms with Crippen LogP contribution in [0, 0.1) is 5.82 Å². The lowest BCUT2D eigenvalue weighted by atomic mass is 10.0. The summed E-state index contributed by atoms with van der Waals surface area (Å²) in [6.07, 6.45) is 1.03. The molecule has 2 aromatic carbocycles. The van der Waals surface area contributed by atoms with Gasteiger partial charge in [0.05, 0.1) is 6.04 Å². The normalized spacial score (nSPS) is 12.2. The van der Waals surface area contributed by atoms with Crippen molar-refractivity contribution in [2.75, 3.05) is 11.9 Å². The molecule has 2 rings (SSSR count). The van der Waals surface area contributed by atoms with E-state index in [0.29, 0.717) is 6.54 Å². The highest BCUT2D eigenvalue weighted by Gasteiger charge is 2.09. The maximum absolute atomic E-state index is 12.9. The summed E-state index contributed by atoms with van der Waals surface area (Å²) in [5.74, 6) is -0.234. The number of rotatable bonds is 5. The topological polar surface area (TPSA) is 38.0 Å². The van der Waals surface area contributed by atoms with Gasteiger partial charge >= 0.3 is 0 Å². The monoisotopic (exact) mass is 258 g/mol. The molecule has 0 spiro atoms. The van der Waals surface area contributed by atoms with Crippen molar-refractivity contribution in [1.29, 1.82) is 0 Å². The fraction of sp³-hybridized carbons (Fsp3) is 0.250. The first kappa shape index (κ1) is 13.6. The first-order chi connectivity index (χ1) is 9.22. The number of hydrogen-bond donors (Lipinski definition) is 2. The van der Waals surface area contributed by atoms with Gasteiger partial charge in [-0.2, -0.15) is 0 Å². The van der Waals surface area contributed by atoms with Gasteiger partial charge in [-0.1, -0.05) is 31.2 Å². The minimum absolute atomic E-state index is 0.0383.